The second-order valence-corrected chi connectivity index (χ2v) is 5.71. The lowest BCUT2D eigenvalue weighted by Gasteiger charge is -2.19. The van der Waals surface area contributed by atoms with Gasteiger partial charge in [-0.3, -0.25) is 4.79 Å². The molecule has 0 aliphatic carbocycles. The van der Waals surface area contributed by atoms with Crippen LogP contribution in [0.4, 0.5) is 0 Å². The average Bonchev–Trinajstić information content (AvgIpc) is 2.62. The summed E-state index contributed by atoms with van der Waals surface area (Å²) in [6.45, 7) is 4.17. The van der Waals surface area contributed by atoms with Gasteiger partial charge in [-0.1, -0.05) is 35.9 Å². The summed E-state index contributed by atoms with van der Waals surface area (Å²) in [7, 11) is 0. The molecule has 3 nitrogen and oxygen atoms in total. The molecule has 108 valence electrons. The SMILES string of the molecule is Cc1cc(Cl)c2c(c1C)C(C(=O)O)c1ccccc1CO2. The smallest absolute Gasteiger partial charge is 0.315 e. The monoisotopic (exact) mass is 302 g/mol. The first-order valence-corrected chi connectivity index (χ1v) is 7.11. The largest absolute Gasteiger partial charge is 0.487 e. The van der Waals surface area contributed by atoms with Crippen LogP contribution in [0.2, 0.25) is 5.02 Å². The van der Waals surface area contributed by atoms with Crippen LogP contribution in [0.1, 0.15) is 33.7 Å². The first-order valence-electron chi connectivity index (χ1n) is 6.73. The van der Waals surface area contributed by atoms with Crippen molar-refractivity contribution < 1.29 is 14.6 Å². The summed E-state index contributed by atoms with van der Waals surface area (Å²) < 4.78 is 5.83. The number of hydrogen-bond donors (Lipinski definition) is 1. The van der Waals surface area contributed by atoms with E-state index in [1.165, 1.54) is 0 Å². The third-order valence-electron chi connectivity index (χ3n) is 4.07. The number of aliphatic carboxylic acids is 1. The summed E-state index contributed by atoms with van der Waals surface area (Å²) in [6.07, 6.45) is 0. The Balaban J connectivity index is 2.36. The van der Waals surface area contributed by atoms with E-state index in [-0.39, 0.29) is 0 Å². The predicted octanol–water partition coefficient (Wildman–Crippen LogP) is 4.07. The Morgan fingerprint density at radius 2 is 2.05 bits per heavy atom. The van der Waals surface area contributed by atoms with E-state index in [0.717, 1.165) is 22.3 Å². The van der Waals surface area contributed by atoms with Crippen molar-refractivity contribution >= 4 is 17.6 Å². The van der Waals surface area contributed by atoms with Crippen molar-refractivity contribution in [3.05, 3.63) is 63.2 Å². The van der Waals surface area contributed by atoms with E-state index in [0.29, 0.717) is 22.9 Å². The molecule has 2 aromatic carbocycles. The highest BCUT2D eigenvalue weighted by atomic mass is 35.5. The molecule has 0 bridgehead atoms. The van der Waals surface area contributed by atoms with Crippen LogP contribution in [-0.4, -0.2) is 11.1 Å². The van der Waals surface area contributed by atoms with Gasteiger partial charge < -0.3 is 9.84 Å². The fraction of sp³-hybridized carbons (Fsp3) is 0.235. The minimum atomic E-state index is -0.890. The highest BCUT2D eigenvalue weighted by molar-refractivity contribution is 6.32. The van der Waals surface area contributed by atoms with E-state index >= 15 is 0 Å². The zero-order valence-electron chi connectivity index (χ0n) is 11.8. The van der Waals surface area contributed by atoms with E-state index < -0.39 is 11.9 Å². The molecule has 0 saturated carbocycles. The molecule has 2 aromatic rings. The molecule has 0 aromatic heterocycles. The third kappa shape index (κ3) is 2.18. The number of carbonyl (C=O) groups is 1. The van der Waals surface area contributed by atoms with Crippen LogP contribution in [0, 0.1) is 13.8 Å². The summed E-state index contributed by atoms with van der Waals surface area (Å²) in [5.41, 5.74) is 4.20. The number of rotatable bonds is 1. The van der Waals surface area contributed by atoms with Gasteiger partial charge >= 0.3 is 5.97 Å². The summed E-state index contributed by atoms with van der Waals surface area (Å²) >= 11 is 6.29. The molecule has 0 radical (unpaired) electrons. The second-order valence-electron chi connectivity index (χ2n) is 5.30. The minimum Gasteiger partial charge on any atom is -0.487 e. The molecule has 1 heterocycles. The molecule has 21 heavy (non-hydrogen) atoms. The van der Waals surface area contributed by atoms with Gasteiger partial charge in [-0.25, -0.2) is 0 Å². The lowest BCUT2D eigenvalue weighted by Crippen LogP contribution is -2.15. The Bertz CT molecular complexity index is 737. The molecule has 0 amide bonds. The molecule has 1 atom stereocenters. The van der Waals surface area contributed by atoms with Gasteiger partial charge in [-0.05, 0) is 42.2 Å². The van der Waals surface area contributed by atoms with Gasteiger partial charge in [-0.2, -0.15) is 0 Å². The maximum absolute atomic E-state index is 11.9. The van der Waals surface area contributed by atoms with Crippen LogP contribution in [0.15, 0.2) is 30.3 Å². The summed E-state index contributed by atoms with van der Waals surface area (Å²) in [5, 5.41) is 10.2. The molecular weight excluding hydrogens is 288 g/mol. The van der Waals surface area contributed by atoms with Crippen molar-refractivity contribution in [1.29, 1.82) is 0 Å². The van der Waals surface area contributed by atoms with Crippen molar-refractivity contribution in [3.63, 3.8) is 0 Å². The maximum Gasteiger partial charge on any atom is 0.315 e. The Kier molecular flexibility index (Phi) is 3.38. The highest BCUT2D eigenvalue weighted by Gasteiger charge is 2.33. The van der Waals surface area contributed by atoms with Gasteiger partial charge in [0.05, 0.1) is 5.02 Å². The Morgan fingerprint density at radius 1 is 1.33 bits per heavy atom. The van der Waals surface area contributed by atoms with Crippen LogP contribution < -0.4 is 4.74 Å². The van der Waals surface area contributed by atoms with Gasteiger partial charge in [-0.15, -0.1) is 0 Å². The lowest BCUT2D eigenvalue weighted by atomic mass is 9.85. The number of halogens is 1. The number of ether oxygens (including phenoxy) is 1. The van der Waals surface area contributed by atoms with Gasteiger partial charge in [0.2, 0.25) is 0 Å². The number of carboxylic acids is 1. The standard InChI is InChI=1S/C17H15ClO3/c1-9-7-13(18)16-14(10(9)2)15(17(19)20)12-6-4-3-5-11(12)8-21-16/h3-7,15H,8H2,1-2H3,(H,19,20). The van der Waals surface area contributed by atoms with Crippen molar-refractivity contribution in [3.8, 4) is 5.75 Å². The first kappa shape index (κ1) is 14.0. The molecular formula is C17H15ClO3. The summed E-state index contributed by atoms with van der Waals surface area (Å²) in [6, 6.07) is 9.31. The normalized spacial score (nSPS) is 16.4. The fourth-order valence-electron chi connectivity index (χ4n) is 2.88. The lowest BCUT2D eigenvalue weighted by molar-refractivity contribution is -0.137. The molecule has 1 unspecified atom stereocenters. The van der Waals surface area contributed by atoms with Crippen molar-refractivity contribution in [2.24, 2.45) is 0 Å². The molecule has 0 saturated heterocycles. The predicted molar refractivity (Wildman–Crippen MR) is 81.2 cm³/mol. The molecule has 1 N–H and O–H groups in total. The van der Waals surface area contributed by atoms with E-state index in [1.54, 1.807) is 0 Å². The van der Waals surface area contributed by atoms with Crippen LogP contribution in [0.5, 0.6) is 5.75 Å². The zero-order chi connectivity index (χ0) is 15.1. The van der Waals surface area contributed by atoms with Crippen molar-refractivity contribution in [2.75, 3.05) is 0 Å². The number of benzene rings is 2. The van der Waals surface area contributed by atoms with E-state index in [1.807, 2.05) is 44.2 Å². The summed E-state index contributed by atoms with van der Waals surface area (Å²) in [5.74, 6) is -1.15. The Hall–Kier alpha value is -2.00. The number of hydrogen-bond acceptors (Lipinski definition) is 2. The highest BCUT2D eigenvalue weighted by Crippen LogP contribution is 2.44. The van der Waals surface area contributed by atoms with Crippen molar-refractivity contribution in [2.45, 2.75) is 26.4 Å². The minimum absolute atomic E-state index is 0.329. The number of aryl methyl sites for hydroxylation is 1. The van der Waals surface area contributed by atoms with Gasteiger partial charge in [0.25, 0.3) is 0 Å². The summed E-state index contributed by atoms with van der Waals surface area (Å²) in [4.78, 5) is 11.9. The number of fused-ring (bicyclic) bond motifs is 2. The van der Waals surface area contributed by atoms with Crippen LogP contribution in [0.25, 0.3) is 0 Å². The Morgan fingerprint density at radius 3 is 2.76 bits per heavy atom. The van der Waals surface area contributed by atoms with E-state index in [9.17, 15) is 9.90 Å². The zero-order valence-corrected chi connectivity index (χ0v) is 12.6. The molecule has 1 aliphatic rings. The molecule has 1 aliphatic heterocycles. The van der Waals surface area contributed by atoms with Crippen LogP contribution in [-0.2, 0) is 11.4 Å². The second kappa shape index (κ2) is 5.08. The maximum atomic E-state index is 11.9. The van der Waals surface area contributed by atoms with E-state index in [2.05, 4.69) is 0 Å². The van der Waals surface area contributed by atoms with Gasteiger partial charge in [0.1, 0.15) is 18.3 Å². The average molecular weight is 303 g/mol. The van der Waals surface area contributed by atoms with Crippen LogP contribution in [0.3, 0.4) is 0 Å². The fourth-order valence-corrected chi connectivity index (χ4v) is 3.20. The molecule has 0 spiro atoms. The quantitative estimate of drug-likeness (QED) is 0.864. The van der Waals surface area contributed by atoms with Crippen LogP contribution >= 0.6 is 11.6 Å². The van der Waals surface area contributed by atoms with Gasteiger partial charge in [0, 0.05) is 5.56 Å². The molecule has 4 heteroatoms. The topological polar surface area (TPSA) is 46.5 Å². The molecule has 0 fully saturated rings. The van der Waals surface area contributed by atoms with Gasteiger partial charge in [0.15, 0.2) is 0 Å². The first-order chi connectivity index (χ1) is 10.0. The van der Waals surface area contributed by atoms with E-state index in [4.69, 9.17) is 16.3 Å². The molecule has 3 rings (SSSR count). The number of carboxylic acid groups (broad SMARTS) is 1. The van der Waals surface area contributed by atoms with Crippen molar-refractivity contribution in [1.82, 2.24) is 0 Å². The third-order valence-corrected chi connectivity index (χ3v) is 4.35. The Labute approximate surface area is 128 Å².